The van der Waals surface area contributed by atoms with Gasteiger partial charge in [-0.05, 0) is 91.3 Å². The van der Waals surface area contributed by atoms with Crippen LogP contribution in [0.5, 0.6) is 0 Å². The van der Waals surface area contributed by atoms with Gasteiger partial charge in [0.05, 0.1) is 36.9 Å². The molecule has 1 aliphatic heterocycles. The van der Waals surface area contributed by atoms with Crippen molar-refractivity contribution in [1.29, 1.82) is 0 Å². The van der Waals surface area contributed by atoms with E-state index in [2.05, 4.69) is 34.6 Å². The lowest BCUT2D eigenvalue weighted by molar-refractivity contribution is -0.162. The van der Waals surface area contributed by atoms with Crippen LogP contribution in [0.3, 0.4) is 0 Å². The SMILES string of the molecule is CCCCCC[C@H](C)[C@@H](O)[C@H](O)[C@@H](C)[C@H]1CCC2C3COC(=O)C4C[C@H](O)[C@H](O)C[C@]4(C)C3CC[C@@]21C. The van der Waals surface area contributed by atoms with E-state index in [0.717, 1.165) is 38.5 Å². The minimum atomic E-state index is -0.866. The quantitative estimate of drug-likeness (QED) is 0.258. The molecular weight excluding hydrogens is 468 g/mol. The van der Waals surface area contributed by atoms with Crippen molar-refractivity contribution < 1.29 is 30.0 Å². The summed E-state index contributed by atoms with van der Waals surface area (Å²) in [6.45, 7) is 11.4. The van der Waals surface area contributed by atoms with E-state index < -0.39 is 24.4 Å². The molecule has 0 spiro atoms. The van der Waals surface area contributed by atoms with Crippen molar-refractivity contribution in [2.75, 3.05) is 6.61 Å². The molecule has 0 radical (unpaired) electrons. The second kappa shape index (κ2) is 11.4. The Balaban J connectivity index is 1.48. The van der Waals surface area contributed by atoms with E-state index in [4.69, 9.17) is 4.74 Å². The minimum absolute atomic E-state index is 0.00274. The topological polar surface area (TPSA) is 107 Å². The Morgan fingerprint density at radius 3 is 2.35 bits per heavy atom. The predicted octanol–water partition coefficient (Wildman–Crippen LogP) is 4.70. The molecule has 6 heteroatoms. The molecule has 4 unspecified atom stereocenters. The van der Waals surface area contributed by atoms with E-state index in [0.29, 0.717) is 24.9 Å². The summed E-state index contributed by atoms with van der Waals surface area (Å²) in [7, 11) is 0. The molecule has 3 saturated carbocycles. The van der Waals surface area contributed by atoms with Gasteiger partial charge in [0.2, 0.25) is 0 Å². The third-order valence-electron chi connectivity index (χ3n) is 12.0. The molecule has 13 atom stereocenters. The van der Waals surface area contributed by atoms with Crippen LogP contribution in [0.25, 0.3) is 0 Å². The van der Waals surface area contributed by atoms with Gasteiger partial charge in [-0.15, -0.1) is 0 Å². The zero-order valence-electron chi connectivity index (χ0n) is 23.9. The number of ether oxygens (including phenoxy) is 1. The summed E-state index contributed by atoms with van der Waals surface area (Å²) in [5.74, 6) is 0.729. The van der Waals surface area contributed by atoms with E-state index >= 15 is 0 Å². The van der Waals surface area contributed by atoms with Crippen molar-refractivity contribution in [1.82, 2.24) is 0 Å². The molecule has 0 amide bonds. The summed E-state index contributed by atoms with van der Waals surface area (Å²) < 4.78 is 5.89. The summed E-state index contributed by atoms with van der Waals surface area (Å²) in [6, 6.07) is 0. The molecule has 0 aromatic rings. The second-order valence-electron chi connectivity index (χ2n) is 14.0. The van der Waals surface area contributed by atoms with E-state index in [-0.39, 0.29) is 52.8 Å². The molecule has 6 nitrogen and oxygen atoms in total. The van der Waals surface area contributed by atoms with Crippen LogP contribution < -0.4 is 0 Å². The average Bonchev–Trinajstić information content (AvgIpc) is 3.17. The first-order valence-corrected chi connectivity index (χ1v) is 15.3. The average molecular weight is 523 g/mol. The van der Waals surface area contributed by atoms with Crippen molar-refractivity contribution in [3.8, 4) is 0 Å². The smallest absolute Gasteiger partial charge is 0.309 e. The summed E-state index contributed by atoms with van der Waals surface area (Å²) in [5.41, 5.74) is -0.341. The van der Waals surface area contributed by atoms with Gasteiger partial charge in [-0.25, -0.2) is 0 Å². The van der Waals surface area contributed by atoms with Crippen molar-refractivity contribution in [3.05, 3.63) is 0 Å². The number of esters is 1. The van der Waals surface area contributed by atoms with Gasteiger partial charge in [-0.3, -0.25) is 4.79 Å². The number of aliphatic hydroxyl groups is 4. The fourth-order valence-corrected chi connectivity index (χ4v) is 9.64. The van der Waals surface area contributed by atoms with Crippen LogP contribution in [0.15, 0.2) is 0 Å². The van der Waals surface area contributed by atoms with Gasteiger partial charge in [-0.2, -0.15) is 0 Å². The molecular formula is C31H54O6. The van der Waals surface area contributed by atoms with Crippen LogP contribution in [-0.4, -0.2) is 57.4 Å². The fraction of sp³-hybridized carbons (Fsp3) is 0.968. The van der Waals surface area contributed by atoms with Crippen LogP contribution in [-0.2, 0) is 9.53 Å². The Morgan fingerprint density at radius 2 is 1.65 bits per heavy atom. The molecule has 214 valence electrons. The van der Waals surface area contributed by atoms with E-state index in [1.165, 1.54) is 19.3 Å². The minimum Gasteiger partial charge on any atom is -0.465 e. The van der Waals surface area contributed by atoms with E-state index in [1.54, 1.807) is 0 Å². The highest BCUT2D eigenvalue weighted by Crippen LogP contribution is 2.66. The van der Waals surface area contributed by atoms with Gasteiger partial charge in [0.1, 0.15) is 0 Å². The maximum Gasteiger partial charge on any atom is 0.309 e. The molecule has 0 aromatic heterocycles. The van der Waals surface area contributed by atoms with Gasteiger partial charge in [0.15, 0.2) is 0 Å². The molecule has 0 aromatic carbocycles. The van der Waals surface area contributed by atoms with Crippen LogP contribution in [0.4, 0.5) is 0 Å². The number of aliphatic hydroxyl groups excluding tert-OH is 4. The standard InChI is InChI=1S/C31H54O6/c1-6-7-8-9-10-18(2)27(34)28(35)19(3)21-11-12-22-20-17-37-29(36)24-15-25(32)26(33)16-31(24,5)23(20)13-14-30(21,22)4/h18-28,32-35H,6-17H2,1-5H3/t18-,19-,20?,21+,22?,23?,24?,25-,26+,27+,28+,30+,31+/m0/s1. The first-order valence-electron chi connectivity index (χ1n) is 15.3. The number of carbonyl (C=O) groups excluding carboxylic acids is 1. The number of cyclic esters (lactones) is 1. The molecule has 4 aliphatic rings. The highest BCUT2D eigenvalue weighted by atomic mass is 16.5. The Bertz CT molecular complexity index is 788. The largest absolute Gasteiger partial charge is 0.465 e. The lowest BCUT2D eigenvalue weighted by Crippen LogP contribution is -2.55. The maximum absolute atomic E-state index is 13.1. The van der Waals surface area contributed by atoms with E-state index in [1.807, 2.05) is 0 Å². The monoisotopic (exact) mass is 522 g/mol. The number of fused-ring (bicyclic) bond motifs is 5. The number of hydrogen-bond donors (Lipinski definition) is 4. The third-order valence-corrected chi connectivity index (χ3v) is 12.0. The van der Waals surface area contributed by atoms with Gasteiger partial charge in [0, 0.05) is 0 Å². The molecule has 4 rings (SSSR count). The van der Waals surface area contributed by atoms with Crippen molar-refractivity contribution in [3.63, 3.8) is 0 Å². The van der Waals surface area contributed by atoms with Gasteiger partial charge in [-0.1, -0.05) is 60.3 Å². The molecule has 3 aliphatic carbocycles. The Kier molecular flexibility index (Phi) is 9.05. The second-order valence-corrected chi connectivity index (χ2v) is 14.0. The lowest BCUT2D eigenvalue weighted by atomic mass is 9.48. The maximum atomic E-state index is 13.1. The molecule has 37 heavy (non-hydrogen) atoms. The van der Waals surface area contributed by atoms with Crippen molar-refractivity contribution >= 4 is 5.97 Å². The lowest BCUT2D eigenvalue weighted by Gasteiger charge is -2.56. The molecule has 1 heterocycles. The predicted molar refractivity (Wildman–Crippen MR) is 143 cm³/mol. The normalized spacial score (nSPS) is 45.0. The molecule has 0 bridgehead atoms. The molecule has 4 N–H and O–H groups in total. The number of unbranched alkanes of at least 4 members (excludes halogenated alkanes) is 3. The van der Waals surface area contributed by atoms with Crippen LogP contribution in [0, 0.1) is 52.3 Å². The summed E-state index contributed by atoms with van der Waals surface area (Å²) >= 11 is 0. The zero-order chi connectivity index (χ0) is 27.1. The van der Waals surface area contributed by atoms with Crippen molar-refractivity contribution in [2.45, 2.75) is 130 Å². The van der Waals surface area contributed by atoms with Crippen LogP contribution >= 0.6 is 0 Å². The first-order chi connectivity index (χ1) is 17.5. The van der Waals surface area contributed by atoms with Crippen molar-refractivity contribution in [2.24, 2.45) is 52.3 Å². The summed E-state index contributed by atoms with van der Waals surface area (Å²) in [4.78, 5) is 13.1. The molecule has 1 saturated heterocycles. The van der Waals surface area contributed by atoms with Gasteiger partial charge < -0.3 is 25.2 Å². The zero-order valence-corrected chi connectivity index (χ0v) is 23.9. The van der Waals surface area contributed by atoms with Gasteiger partial charge >= 0.3 is 5.97 Å². The summed E-state index contributed by atoms with van der Waals surface area (Å²) in [5, 5.41) is 43.3. The van der Waals surface area contributed by atoms with E-state index in [9.17, 15) is 25.2 Å². The Hall–Kier alpha value is -0.690. The fourth-order valence-electron chi connectivity index (χ4n) is 9.64. The van der Waals surface area contributed by atoms with Crippen LogP contribution in [0.1, 0.15) is 105 Å². The third kappa shape index (κ3) is 5.26. The number of hydrogen-bond acceptors (Lipinski definition) is 6. The van der Waals surface area contributed by atoms with Crippen LogP contribution in [0.2, 0.25) is 0 Å². The number of carbonyl (C=O) groups is 1. The Morgan fingerprint density at radius 1 is 0.946 bits per heavy atom. The molecule has 4 fully saturated rings. The first kappa shape index (κ1) is 29.3. The highest BCUT2D eigenvalue weighted by molar-refractivity contribution is 5.74. The Labute approximate surface area is 224 Å². The van der Waals surface area contributed by atoms with Gasteiger partial charge in [0.25, 0.3) is 0 Å². The highest BCUT2D eigenvalue weighted by Gasteiger charge is 2.63. The number of rotatable bonds is 9. The summed E-state index contributed by atoms with van der Waals surface area (Å²) in [6.07, 6.45) is 7.35.